The van der Waals surface area contributed by atoms with Crippen LogP contribution in [0.3, 0.4) is 0 Å². The number of ether oxygens (including phenoxy) is 1. The normalized spacial score (nSPS) is 21.3. The van der Waals surface area contributed by atoms with E-state index in [1.54, 1.807) is 11.6 Å². The van der Waals surface area contributed by atoms with Gasteiger partial charge >= 0.3 is 12.6 Å². The fourth-order valence-corrected chi connectivity index (χ4v) is 8.56. The summed E-state index contributed by atoms with van der Waals surface area (Å²) in [6.07, 6.45) is 0.0911. The molecule has 2 aliphatic heterocycles. The number of aryl methyl sites for hydroxylation is 1. The van der Waals surface area contributed by atoms with Crippen LogP contribution in [0.1, 0.15) is 35.4 Å². The molecule has 2 fully saturated rings. The van der Waals surface area contributed by atoms with Gasteiger partial charge in [0.05, 0.1) is 18.2 Å². The highest BCUT2D eigenvalue weighted by molar-refractivity contribution is 7.83. The molecule has 0 spiro atoms. The number of benzene rings is 3. The van der Waals surface area contributed by atoms with Crippen molar-refractivity contribution in [2.45, 2.75) is 31.7 Å². The second-order valence-corrected chi connectivity index (χ2v) is 15.0. The van der Waals surface area contributed by atoms with Crippen molar-refractivity contribution in [2.24, 2.45) is 0 Å². The summed E-state index contributed by atoms with van der Waals surface area (Å²) in [4.78, 5) is 32.6. The highest BCUT2D eigenvalue weighted by atomic mass is 35.7. The smallest absolute Gasteiger partial charge is 0.350 e. The van der Waals surface area contributed by atoms with E-state index < -0.39 is 36.0 Å². The van der Waals surface area contributed by atoms with Crippen LogP contribution >= 0.6 is 18.1 Å². The molecule has 0 saturated carbocycles. The molecule has 6 rings (SSSR count). The maximum Gasteiger partial charge on any atom is 0.363 e. The van der Waals surface area contributed by atoms with Crippen LogP contribution < -0.4 is 11.2 Å². The molecule has 1 aromatic heterocycles. The van der Waals surface area contributed by atoms with Crippen molar-refractivity contribution in [2.75, 3.05) is 52.4 Å². The number of hydrogen-bond acceptors (Lipinski definition) is 7. The van der Waals surface area contributed by atoms with E-state index >= 15 is 0 Å². The van der Waals surface area contributed by atoms with Crippen LogP contribution in [-0.4, -0.2) is 82.5 Å². The number of morpholine rings is 1. The van der Waals surface area contributed by atoms with E-state index in [2.05, 4.69) is 58.1 Å². The average Bonchev–Trinajstić information content (AvgIpc) is 3.11. The van der Waals surface area contributed by atoms with Crippen LogP contribution in [0.2, 0.25) is 0 Å². The molecule has 3 aromatic carbocycles. The van der Waals surface area contributed by atoms with Crippen molar-refractivity contribution in [3.8, 4) is 0 Å². The Morgan fingerprint density at radius 2 is 1.40 bits per heavy atom. The van der Waals surface area contributed by atoms with Gasteiger partial charge in [0.25, 0.3) is 5.56 Å². The molecule has 10 nitrogen and oxygen atoms in total. The van der Waals surface area contributed by atoms with Gasteiger partial charge in [0.2, 0.25) is 0 Å². The first-order chi connectivity index (χ1) is 22.7. The maximum atomic E-state index is 13.7. The van der Waals surface area contributed by atoms with E-state index in [9.17, 15) is 14.2 Å². The van der Waals surface area contributed by atoms with Crippen molar-refractivity contribution in [1.82, 2.24) is 24.0 Å². The van der Waals surface area contributed by atoms with Gasteiger partial charge in [0, 0.05) is 51.0 Å². The summed E-state index contributed by atoms with van der Waals surface area (Å²) < 4.78 is 29.5. The number of nitrogens with one attached hydrogen (secondary N) is 1. The molecule has 3 heterocycles. The number of aromatic nitrogens is 2. The number of halogens is 1. The largest absolute Gasteiger partial charge is 0.363 e. The zero-order chi connectivity index (χ0) is 33.0. The summed E-state index contributed by atoms with van der Waals surface area (Å²) in [5.74, 6) is 0. The highest BCUT2D eigenvalue weighted by Gasteiger charge is 2.47. The Bertz CT molecular complexity index is 1700. The first-order valence-corrected chi connectivity index (χ1v) is 18.5. The third-order valence-electron chi connectivity index (χ3n) is 9.21. The number of rotatable bonds is 10. The van der Waals surface area contributed by atoms with Crippen LogP contribution in [0.4, 0.5) is 0 Å². The molecule has 3 atom stereocenters. The molecule has 1 N–H and O–H groups in total. The minimum absolute atomic E-state index is 0.0622. The van der Waals surface area contributed by atoms with Gasteiger partial charge < -0.3 is 14.2 Å². The monoisotopic (exact) mass is 677 g/mol. The third kappa shape index (κ3) is 6.96. The Labute approximate surface area is 279 Å². The molecule has 0 amide bonds. The van der Waals surface area contributed by atoms with Gasteiger partial charge in [0.1, 0.15) is 0 Å². The quantitative estimate of drug-likeness (QED) is 0.184. The summed E-state index contributed by atoms with van der Waals surface area (Å²) in [5, 5.41) is 0. The number of H-pyrrole nitrogens is 1. The predicted octanol–water partition coefficient (Wildman–Crippen LogP) is 5.04. The summed E-state index contributed by atoms with van der Waals surface area (Å²) in [6, 6.07) is 30.7. The summed E-state index contributed by atoms with van der Waals surface area (Å²) >= 11 is 6.63. The minimum Gasteiger partial charge on any atom is -0.350 e. The lowest BCUT2D eigenvalue weighted by atomic mass is 9.75. The first-order valence-electron chi connectivity index (χ1n) is 16.0. The second kappa shape index (κ2) is 14.4. The van der Waals surface area contributed by atoms with E-state index in [4.69, 9.17) is 20.5 Å². The molecule has 4 aromatic rings. The Balaban J connectivity index is 1.43. The summed E-state index contributed by atoms with van der Waals surface area (Å²) in [5.41, 5.74) is 1.63. The molecular formula is C35H41ClN5O5P. The lowest BCUT2D eigenvalue weighted by Crippen LogP contribution is -2.58. The summed E-state index contributed by atoms with van der Waals surface area (Å²) in [6.45, 7) is 4.21. The van der Waals surface area contributed by atoms with Crippen molar-refractivity contribution >= 4 is 18.1 Å². The van der Waals surface area contributed by atoms with Crippen LogP contribution in [0, 0.1) is 6.92 Å². The van der Waals surface area contributed by atoms with Gasteiger partial charge in [-0.2, -0.15) is 0 Å². The van der Waals surface area contributed by atoms with Gasteiger partial charge in [-0.15, -0.1) is 0 Å². The molecular weight excluding hydrogens is 637 g/mol. The molecule has 3 unspecified atom stereocenters. The number of likely N-dealkylation sites (N-methyl/N-ethyl adjacent to an activating group) is 1. The van der Waals surface area contributed by atoms with Gasteiger partial charge in [-0.3, -0.25) is 23.8 Å². The molecule has 0 aliphatic carbocycles. The van der Waals surface area contributed by atoms with E-state index in [1.807, 2.05) is 54.6 Å². The van der Waals surface area contributed by atoms with Gasteiger partial charge in [-0.05, 0) is 41.4 Å². The topological polar surface area (TPSA) is 100 Å². The molecule has 2 aliphatic rings. The zero-order valence-corrected chi connectivity index (χ0v) is 28.4. The maximum absolute atomic E-state index is 13.7. The van der Waals surface area contributed by atoms with E-state index in [0.29, 0.717) is 25.2 Å². The fourth-order valence-electron chi connectivity index (χ4n) is 6.77. The molecule has 2 saturated heterocycles. The fraction of sp³-hybridized carbons (Fsp3) is 0.371. The predicted molar refractivity (Wildman–Crippen MR) is 184 cm³/mol. The average molecular weight is 678 g/mol. The Morgan fingerprint density at radius 3 is 1.91 bits per heavy atom. The molecule has 0 bridgehead atoms. The molecule has 0 radical (unpaired) electrons. The first kappa shape index (κ1) is 33.6. The number of piperazine rings is 1. The van der Waals surface area contributed by atoms with Gasteiger partial charge in [-0.25, -0.2) is 9.46 Å². The van der Waals surface area contributed by atoms with Crippen molar-refractivity contribution in [1.29, 1.82) is 0 Å². The van der Waals surface area contributed by atoms with Crippen LogP contribution in [-0.2, 0) is 19.4 Å². The summed E-state index contributed by atoms with van der Waals surface area (Å²) in [7, 11) is 0. The molecule has 47 heavy (non-hydrogen) atoms. The number of nitrogens with zero attached hydrogens (tertiary/aromatic N) is 4. The van der Waals surface area contributed by atoms with Crippen molar-refractivity contribution in [3.63, 3.8) is 0 Å². The van der Waals surface area contributed by atoms with E-state index in [-0.39, 0.29) is 13.2 Å². The lowest BCUT2D eigenvalue weighted by molar-refractivity contribution is -0.148. The van der Waals surface area contributed by atoms with Gasteiger partial charge in [0.15, 0.2) is 6.23 Å². The van der Waals surface area contributed by atoms with E-state index in [1.165, 1.54) is 10.8 Å². The van der Waals surface area contributed by atoms with Crippen molar-refractivity contribution in [3.05, 3.63) is 140 Å². The van der Waals surface area contributed by atoms with Crippen molar-refractivity contribution < 1.29 is 13.8 Å². The Kier molecular flexibility index (Phi) is 10.3. The minimum atomic E-state index is -3.66. The van der Waals surface area contributed by atoms with Crippen LogP contribution in [0.5, 0.6) is 0 Å². The zero-order valence-electron chi connectivity index (χ0n) is 26.7. The standard InChI is InChI=1S/C35H41ClN5O5P/c1-3-38-19-21-40(22-20-38)47(36,44)45-26-31-24-39(25-32(46-31)41-23-27(2)33(42)37-34(41)43)35(28-13-7-4-8-14-28,29-15-9-5-10-16-29)30-17-11-6-12-18-30/h4-18,23,31-32H,3,19-22,24-26H2,1-2H3,(H,37,42,43). The van der Waals surface area contributed by atoms with Crippen LogP contribution in [0.15, 0.2) is 107 Å². The van der Waals surface area contributed by atoms with Gasteiger partial charge in [-0.1, -0.05) is 97.9 Å². The molecule has 12 heteroatoms. The second-order valence-electron chi connectivity index (χ2n) is 12.0. The molecule has 248 valence electrons. The van der Waals surface area contributed by atoms with E-state index in [0.717, 1.165) is 36.3 Å². The SMILES string of the molecule is CCN1CCN(P(=O)(Cl)OCC2CN(C(c3ccccc3)(c3ccccc3)c3ccccc3)CC(n3cc(C)c(=O)[nH]c3=O)O2)CC1. The Hall–Kier alpha value is -3.34. The number of hydrogen-bond donors (Lipinski definition) is 1. The number of aromatic amines is 1. The highest BCUT2D eigenvalue weighted by Crippen LogP contribution is 2.56. The Morgan fingerprint density at radius 1 is 0.872 bits per heavy atom. The lowest BCUT2D eigenvalue weighted by Gasteiger charge is -2.50. The van der Waals surface area contributed by atoms with Crippen LogP contribution in [0.25, 0.3) is 0 Å². The third-order valence-corrected chi connectivity index (χ3v) is 11.7.